The number of thiophene rings is 1. The Labute approximate surface area is 133 Å². The molecule has 0 amide bonds. The average Bonchev–Trinajstić information content (AvgIpc) is 2.96. The third-order valence-electron chi connectivity index (χ3n) is 3.96. The Balaban J connectivity index is 2.40. The van der Waals surface area contributed by atoms with Gasteiger partial charge in [-0.15, -0.1) is 11.3 Å². The summed E-state index contributed by atoms with van der Waals surface area (Å²) in [5.41, 5.74) is 5.97. The highest BCUT2D eigenvalue weighted by molar-refractivity contribution is 7.09. The molecule has 0 fully saturated rings. The van der Waals surface area contributed by atoms with Gasteiger partial charge in [-0.1, -0.05) is 32.8 Å². The Morgan fingerprint density at radius 3 is 2.62 bits per heavy atom. The van der Waals surface area contributed by atoms with Crippen molar-refractivity contribution in [1.29, 1.82) is 0 Å². The first-order valence-electron chi connectivity index (χ1n) is 7.81. The van der Waals surface area contributed by atoms with Crippen molar-refractivity contribution >= 4 is 17.3 Å². The van der Waals surface area contributed by atoms with Crippen LogP contribution < -0.4 is 11.1 Å². The van der Waals surface area contributed by atoms with Gasteiger partial charge in [0.25, 0.3) is 0 Å². The minimum Gasteiger partial charge on any atom is -0.370 e. The number of aliphatic imine (C=N–C) groups is 1. The van der Waals surface area contributed by atoms with E-state index in [1.807, 2.05) is 0 Å². The summed E-state index contributed by atoms with van der Waals surface area (Å²) in [7, 11) is 4.25. The summed E-state index contributed by atoms with van der Waals surface area (Å²) >= 11 is 1.78. The molecule has 0 bridgehead atoms. The van der Waals surface area contributed by atoms with Crippen molar-refractivity contribution in [2.24, 2.45) is 16.6 Å². The van der Waals surface area contributed by atoms with Gasteiger partial charge in [-0.25, -0.2) is 0 Å². The molecule has 0 radical (unpaired) electrons. The summed E-state index contributed by atoms with van der Waals surface area (Å²) in [6.45, 7) is 6.10. The molecule has 3 N–H and O–H groups in total. The summed E-state index contributed by atoms with van der Waals surface area (Å²) in [5, 5.41) is 5.31. The molecule has 1 rings (SSSR count). The molecule has 0 saturated heterocycles. The molecular weight excluding hydrogens is 280 g/mol. The highest BCUT2D eigenvalue weighted by atomic mass is 32.1. The van der Waals surface area contributed by atoms with Gasteiger partial charge < -0.3 is 16.0 Å². The Morgan fingerprint density at radius 1 is 1.38 bits per heavy atom. The molecular formula is C16H30N4S. The van der Waals surface area contributed by atoms with Gasteiger partial charge in [0.15, 0.2) is 5.96 Å². The normalized spacial score (nSPS) is 13.9. The molecule has 1 aromatic rings. The van der Waals surface area contributed by atoms with Crippen molar-refractivity contribution in [3.8, 4) is 0 Å². The van der Waals surface area contributed by atoms with Crippen LogP contribution in [0.5, 0.6) is 0 Å². The van der Waals surface area contributed by atoms with E-state index in [4.69, 9.17) is 5.73 Å². The zero-order valence-corrected chi connectivity index (χ0v) is 14.6. The minimum absolute atomic E-state index is 0.456. The number of nitrogens with two attached hydrogens (primary N) is 1. The Kier molecular flexibility index (Phi) is 8.38. The van der Waals surface area contributed by atoms with Gasteiger partial charge in [0.2, 0.25) is 0 Å². The van der Waals surface area contributed by atoms with Crippen molar-refractivity contribution in [2.45, 2.75) is 39.2 Å². The summed E-state index contributed by atoms with van der Waals surface area (Å²) in [4.78, 5) is 8.16. The molecule has 0 aromatic carbocycles. The Morgan fingerprint density at radius 2 is 2.10 bits per heavy atom. The Hall–Kier alpha value is -1.07. The molecule has 120 valence electrons. The molecule has 0 aliphatic carbocycles. The molecule has 0 spiro atoms. The number of guanidine groups is 1. The van der Waals surface area contributed by atoms with Crippen LogP contribution in [0.4, 0.5) is 0 Å². The number of likely N-dealkylation sites (N-methyl/N-ethyl adjacent to an activating group) is 1. The second kappa shape index (κ2) is 9.79. The number of nitrogens with zero attached hydrogens (tertiary/aromatic N) is 2. The quantitative estimate of drug-likeness (QED) is 0.544. The van der Waals surface area contributed by atoms with Gasteiger partial charge in [-0.3, -0.25) is 4.99 Å². The maximum atomic E-state index is 5.97. The van der Waals surface area contributed by atoms with E-state index in [0.29, 0.717) is 17.9 Å². The van der Waals surface area contributed by atoms with E-state index >= 15 is 0 Å². The topological polar surface area (TPSA) is 53.6 Å². The maximum absolute atomic E-state index is 5.97. The van der Waals surface area contributed by atoms with Crippen LogP contribution in [0, 0.1) is 5.92 Å². The maximum Gasteiger partial charge on any atom is 0.188 e. The summed E-state index contributed by atoms with van der Waals surface area (Å²) in [5.74, 6) is 1.23. The fourth-order valence-electron chi connectivity index (χ4n) is 2.58. The molecule has 1 atom stereocenters. The third-order valence-corrected chi connectivity index (χ3v) is 4.90. The predicted molar refractivity (Wildman–Crippen MR) is 94.1 cm³/mol. The molecule has 1 heterocycles. The van der Waals surface area contributed by atoms with Crippen molar-refractivity contribution in [1.82, 2.24) is 10.2 Å². The van der Waals surface area contributed by atoms with Gasteiger partial charge in [0, 0.05) is 17.5 Å². The van der Waals surface area contributed by atoms with Gasteiger partial charge in [-0.2, -0.15) is 0 Å². The second-order valence-corrected chi connectivity index (χ2v) is 6.62. The highest BCUT2D eigenvalue weighted by Crippen LogP contribution is 2.17. The number of nitrogens with one attached hydrogen (secondary N) is 1. The van der Waals surface area contributed by atoms with E-state index in [2.05, 4.69) is 60.7 Å². The third kappa shape index (κ3) is 6.48. The van der Waals surface area contributed by atoms with E-state index in [9.17, 15) is 0 Å². The van der Waals surface area contributed by atoms with Crippen molar-refractivity contribution in [3.05, 3.63) is 22.4 Å². The molecule has 0 aliphatic rings. The van der Waals surface area contributed by atoms with Crippen molar-refractivity contribution in [2.75, 3.05) is 27.2 Å². The fourth-order valence-corrected chi connectivity index (χ4v) is 3.29. The van der Waals surface area contributed by atoms with Crippen LogP contribution in [0.1, 0.15) is 31.6 Å². The molecule has 1 unspecified atom stereocenters. The first kappa shape index (κ1) is 18.0. The molecule has 0 aliphatic heterocycles. The van der Waals surface area contributed by atoms with Crippen LogP contribution in [0.3, 0.4) is 0 Å². The highest BCUT2D eigenvalue weighted by Gasteiger charge is 2.20. The molecule has 0 saturated carbocycles. The molecule has 5 heteroatoms. The van der Waals surface area contributed by atoms with E-state index in [-0.39, 0.29) is 0 Å². The van der Waals surface area contributed by atoms with Gasteiger partial charge in [-0.05, 0) is 37.9 Å². The monoisotopic (exact) mass is 310 g/mol. The van der Waals surface area contributed by atoms with E-state index < -0.39 is 0 Å². The first-order valence-corrected chi connectivity index (χ1v) is 8.69. The number of hydrogen-bond donors (Lipinski definition) is 2. The van der Waals surface area contributed by atoms with E-state index in [1.54, 1.807) is 11.3 Å². The molecule has 21 heavy (non-hydrogen) atoms. The van der Waals surface area contributed by atoms with Crippen LogP contribution in [0.25, 0.3) is 0 Å². The van der Waals surface area contributed by atoms with Gasteiger partial charge >= 0.3 is 0 Å². The number of rotatable bonds is 9. The lowest BCUT2D eigenvalue weighted by Crippen LogP contribution is -2.40. The largest absolute Gasteiger partial charge is 0.370 e. The van der Waals surface area contributed by atoms with Crippen molar-refractivity contribution < 1.29 is 0 Å². The summed E-state index contributed by atoms with van der Waals surface area (Å²) in [6, 6.07) is 4.68. The number of hydrogen-bond acceptors (Lipinski definition) is 3. The first-order chi connectivity index (χ1) is 10.1. The summed E-state index contributed by atoms with van der Waals surface area (Å²) < 4.78 is 0. The van der Waals surface area contributed by atoms with Crippen LogP contribution in [-0.4, -0.2) is 44.1 Å². The van der Waals surface area contributed by atoms with Crippen molar-refractivity contribution in [3.63, 3.8) is 0 Å². The Bertz CT molecular complexity index is 396. The van der Waals surface area contributed by atoms with Crippen LogP contribution in [-0.2, 0) is 6.42 Å². The zero-order chi connectivity index (χ0) is 15.7. The van der Waals surface area contributed by atoms with Crippen LogP contribution in [0.15, 0.2) is 22.5 Å². The van der Waals surface area contributed by atoms with Gasteiger partial charge in [0.1, 0.15) is 0 Å². The standard InChI is InChI=1S/C16H30N4S/c1-5-13(6-2)15(20(3)4)12-19-16(17)18-10-9-14-8-7-11-21-14/h7-8,11,13,15H,5-6,9-10,12H2,1-4H3,(H3,17,18,19). The molecule has 4 nitrogen and oxygen atoms in total. The van der Waals surface area contributed by atoms with Crippen LogP contribution in [0.2, 0.25) is 0 Å². The lowest BCUT2D eigenvalue weighted by atomic mass is 9.93. The average molecular weight is 311 g/mol. The van der Waals surface area contributed by atoms with E-state index in [0.717, 1.165) is 19.5 Å². The smallest absolute Gasteiger partial charge is 0.188 e. The zero-order valence-electron chi connectivity index (χ0n) is 13.8. The minimum atomic E-state index is 0.456. The summed E-state index contributed by atoms with van der Waals surface area (Å²) in [6.07, 6.45) is 3.36. The fraction of sp³-hybridized carbons (Fsp3) is 0.688. The lowest BCUT2D eigenvalue weighted by molar-refractivity contribution is 0.206. The second-order valence-electron chi connectivity index (χ2n) is 5.59. The predicted octanol–water partition coefficient (Wildman–Crippen LogP) is 2.56. The molecule has 1 aromatic heterocycles. The lowest BCUT2D eigenvalue weighted by Gasteiger charge is -2.30. The van der Waals surface area contributed by atoms with E-state index in [1.165, 1.54) is 17.7 Å². The SMILES string of the molecule is CCC(CC)C(CN=C(N)NCCc1cccs1)N(C)C. The van der Waals surface area contributed by atoms with Crippen LogP contribution >= 0.6 is 11.3 Å². The van der Waals surface area contributed by atoms with Gasteiger partial charge in [0.05, 0.1) is 6.54 Å².